The van der Waals surface area contributed by atoms with Gasteiger partial charge in [0.2, 0.25) is 5.91 Å². The fourth-order valence-electron chi connectivity index (χ4n) is 1.78. The Bertz CT molecular complexity index is 639. The van der Waals surface area contributed by atoms with Crippen molar-refractivity contribution in [1.82, 2.24) is 0 Å². The smallest absolute Gasteiger partial charge is 0.255 e. The lowest BCUT2D eigenvalue weighted by Gasteiger charge is -2.10. The van der Waals surface area contributed by atoms with Crippen molar-refractivity contribution in [3.63, 3.8) is 0 Å². The van der Waals surface area contributed by atoms with Crippen LogP contribution in [0, 0.1) is 3.57 Å². The molecule has 0 aliphatic carbocycles. The minimum atomic E-state index is -0.430. The molecule has 4 nitrogen and oxygen atoms in total. The Morgan fingerprint density at radius 1 is 1.05 bits per heavy atom. The number of carbonyl (C=O) groups excluding carboxylic acids is 2. The van der Waals surface area contributed by atoms with Crippen LogP contribution in [0.1, 0.15) is 15.9 Å². The lowest BCUT2D eigenvalue weighted by atomic mass is 10.1. The van der Waals surface area contributed by atoms with Gasteiger partial charge in [0.15, 0.2) is 0 Å². The third-order valence-corrected chi connectivity index (χ3v) is 3.46. The number of para-hydroxylation sites is 1. The van der Waals surface area contributed by atoms with Crippen molar-refractivity contribution in [3.05, 3.63) is 63.2 Å². The third-order valence-electron chi connectivity index (χ3n) is 2.74. The summed E-state index contributed by atoms with van der Waals surface area (Å²) in [4.78, 5) is 23.2. The minimum Gasteiger partial charge on any atom is -0.369 e. The van der Waals surface area contributed by atoms with E-state index in [1.54, 1.807) is 36.4 Å². The second-order valence-electron chi connectivity index (χ2n) is 4.26. The van der Waals surface area contributed by atoms with Crippen LogP contribution in [0.2, 0.25) is 0 Å². The zero-order valence-electron chi connectivity index (χ0n) is 10.6. The zero-order valence-corrected chi connectivity index (χ0v) is 12.8. The number of nitrogens with one attached hydrogen (secondary N) is 1. The number of hydrogen-bond acceptors (Lipinski definition) is 2. The van der Waals surface area contributed by atoms with Crippen molar-refractivity contribution in [3.8, 4) is 0 Å². The van der Waals surface area contributed by atoms with Gasteiger partial charge in [-0.2, -0.15) is 0 Å². The highest BCUT2D eigenvalue weighted by Gasteiger charge is 2.10. The van der Waals surface area contributed by atoms with Gasteiger partial charge < -0.3 is 11.1 Å². The van der Waals surface area contributed by atoms with Crippen molar-refractivity contribution < 1.29 is 9.59 Å². The van der Waals surface area contributed by atoms with Crippen molar-refractivity contribution >= 4 is 40.1 Å². The van der Waals surface area contributed by atoms with E-state index in [4.69, 9.17) is 5.73 Å². The van der Waals surface area contributed by atoms with E-state index in [1.807, 2.05) is 12.1 Å². The average Bonchev–Trinajstić information content (AvgIpc) is 2.41. The highest BCUT2D eigenvalue weighted by Crippen LogP contribution is 2.17. The van der Waals surface area contributed by atoms with E-state index in [2.05, 4.69) is 27.9 Å². The summed E-state index contributed by atoms with van der Waals surface area (Å²) in [6.07, 6.45) is 0.100. The van der Waals surface area contributed by atoms with Gasteiger partial charge in [0.05, 0.1) is 6.42 Å². The zero-order chi connectivity index (χ0) is 14.5. The number of benzene rings is 2. The van der Waals surface area contributed by atoms with Crippen LogP contribution in [0.3, 0.4) is 0 Å². The molecule has 0 unspecified atom stereocenters. The van der Waals surface area contributed by atoms with Gasteiger partial charge in [-0.1, -0.05) is 18.2 Å². The molecule has 2 rings (SSSR count). The second kappa shape index (κ2) is 6.51. The van der Waals surface area contributed by atoms with E-state index in [0.717, 1.165) is 3.57 Å². The number of primary amides is 1. The van der Waals surface area contributed by atoms with Crippen LogP contribution in [0.25, 0.3) is 0 Å². The molecule has 2 amide bonds. The first kappa shape index (κ1) is 14.5. The number of rotatable bonds is 4. The Balaban J connectivity index is 2.19. The van der Waals surface area contributed by atoms with Crippen LogP contribution >= 0.6 is 22.6 Å². The van der Waals surface area contributed by atoms with Gasteiger partial charge in [-0.3, -0.25) is 9.59 Å². The first-order chi connectivity index (χ1) is 9.56. The summed E-state index contributed by atoms with van der Waals surface area (Å²) < 4.78 is 1.06. The molecule has 0 aromatic heterocycles. The van der Waals surface area contributed by atoms with E-state index in [0.29, 0.717) is 16.8 Å². The van der Waals surface area contributed by atoms with Gasteiger partial charge >= 0.3 is 0 Å². The van der Waals surface area contributed by atoms with Gasteiger partial charge in [-0.05, 0) is 58.5 Å². The van der Waals surface area contributed by atoms with Gasteiger partial charge in [0.1, 0.15) is 0 Å². The Kier molecular flexibility index (Phi) is 4.73. The predicted octanol–water partition coefficient (Wildman–Crippen LogP) is 2.57. The topological polar surface area (TPSA) is 72.2 Å². The molecule has 5 heteroatoms. The number of hydrogen-bond donors (Lipinski definition) is 2. The van der Waals surface area contributed by atoms with Gasteiger partial charge in [-0.25, -0.2) is 0 Å². The normalized spacial score (nSPS) is 10.1. The minimum absolute atomic E-state index is 0.100. The highest BCUT2D eigenvalue weighted by atomic mass is 127. The van der Waals surface area contributed by atoms with Crippen LogP contribution in [-0.4, -0.2) is 11.8 Å². The molecule has 3 N–H and O–H groups in total. The summed E-state index contributed by atoms with van der Waals surface area (Å²) in [5, 5.41) is 2.80. The van der Waals surface area contributed by atoms with E-state index in [9.17, 15) is 9.59 Å². The van der Waals surface area contributed by atoms with Crippen molar-refractivity contribution in [2.45, 2.75) is 6.42 Å². The first-order valence-electron chi connectivity index (χ1n) is 5.99. The van der Waals surface area contributed by atoms with E-state index < -0.39 is 5.91 Å². The predicted molar refractivity (Wildman–Crippen MR) is 86.5 cm³/mol. The molecule has 0 radical (unpaired) electrons. The van der Waals surface area contributed by atoms with Gasteiger partial charge in [0.25, 0.3) is 5.91 Å². The standard InChI is InChI=1S/C15H13IN2O2/c16-12-7-5-10(6-8-12)15(20)18-13-4-2-1-3-11(13)9-14(17)19/h1-8H,9H2,(H2,17,19)(H,18,20). The molecule has 20 heavy (non-hydrogen) atoms. The van der Waals surface area contributed by atoms with Gasteiger partial charge in [-0.15, -0.1) is 0 Å². The SMILES string of the molecule is NC(=O)Cc1ccccc1NC(=O)c1ccc(I)cc1. The van der Waals surface area contributed by atoms with E-state index in [1.165, 1.54) is 0 Å². The number of nitrogens with two attached hydrogens (primary N) is 1. The van der Waals surface area contributed by atoms with Crippen LogP contribution in [0.4, 0.5) is 5.69 Å². The second-order valence-corrected chi connectivity index (χ2v) is 5.51. The monoisotopic (exact) mass is 380 g/mol. The lowest BCUT2D eigenvalue weighted by molar-refractivity contribution is -0.117. The largest absolute Gasteiger partial charge is 0.369 e. The molecule has 102 valence electrons. The molecule has 0 aliphatic rings. The molecule has 0 saturated heterocycles. The van der Waals surface area contributed by atoms with Crippen LogP contribution < -0.4 is 11.1 Å². The quantitative estimate of drug-likeness (QED) is 0.801. The molecule has 0 saturated carbocycles. The summed E-state index contributed by atoms with van der Waals surface area (Å²) in [5.74, 6) is -0.640. The molecule has 0 bridgehead atoms. The van der Waals surface area contributed by atoms with E-state index >= 15 is 0 Å². The summed E-state index contributed by atoms with van der Waals surface area (Å²) in [6, 6.07) is 14.4. The van der Waals surface area contributed by atoms with Gasteiger partial charge in [0, 0.05) is 14.8 Å². The summed E-state index contributed by atoms with van der Waals surface area (Å²) in [7, 11) is 0. The average molecular weight is 380 g/mol. The molecular weight excluding hydrogens is 367 g/mol. The molecule has 2 aromatic rings. The number of amides is 2. The molecule has 0 aliphatic heterocycles. The number of halogens is 1. The first-order valence-corrected chi connectivity index (χ1v) is 7.07. The fourth-order valence-corrected chi connectivity index (χ4v) is 2.14. The van der Waals surface area contributed by atoms with Crippen LogP contribution in [-0.2, 0) is 11.2 Å². The summed E-state index contributed by atoms with van der Waals surface area (Å²) in [5.41, 5.74) is 7.08. The maximum atomic E-state index is 12.1. The number of anilines is 1. The summed E-state index contributed by atoms with van der Waals surface area (Å²) >= 11 is 2.18. The maximum Gasteiger partial charge on any atom is 0.255 e. The Labute approximate surface area is 130 Å². The van der Waals surface area contributed by atoms with Crippen LogP contribution in [0.15, 0.2) is 48.5 Å². The molecule has 0 heterocycles. The highest BCUT2D eigenvalue weighted by molar-refractivity contribution is 14.1. The Morgan fingerprint density at radius 3 is 2.35 bits per heavy atom. The Morgan fingerprint density at radius 2 is 1.70 bits per heavy atom. The molecular formula is C15H13IN2O2. The maximum absolute atomic E-state index is 12.1. The van der Waals surface area contributed by atoms with Crippen molar-refractivity contribution in [1.29, 1.82) is 0 Å². The van der Waals surface area contributed by atoms with Crippen molar-refractivity contribution in [2.24, 2.45) is 5.73 Å². The van der Waals surface area contributed by atoms with Crippen molar-refractivity contribution in [2.75, 3.05) is 5.32 Å². The lowest BCUT2D eigenvalue weighted by Crippen LogP contribution is -2.17. The molecule has 2 aromatic carbocycles. The molecule has 0 spiro atoms. The van der Waals surface area contributed by atoms with Crippen LogP contribution in [0.5, 0.6) is 0 Å². The Hall–Kier alpha value is -1.89. The van der Waals surface area contributed by atoms with E-state index in [-0.39, 0.29) is 12.3 Å². The third kappa shape index (κ3) is 3.80. The fraction of sp³-hybridized carbons (Fsp3) is 0.0667. The number of carbonyl (C=O) groups is 2. The molecule has 0 atom stereocenters. The molecule has 0 fully saturated rings. The summed E-state index contributed by atoms with van der Waals surface area (Å²) in [6.45, 7) is 0.